The Balaban J connectivity index is 1.22. The second kappa shape index (κ2) is 6.48. The molecule has 4 unspecified atom stereocenters. The van der Waals surface area contributed by atoms with E-state index in [1.54, 1.807) is 12.3 Å². The van der Waals surface area contributed by atoms with Gasteiger partial charge in [-0.15, -0.1) is 0 Å². The molecule has 4 fully saturated rings. The minimum absolute atomic E-state index is 0.324. The van der Waals surface area contributed by atoms with Crippen molar-refractivity contribution >= 4 is 27.7 Å². The minimum Gasteiger partial charge on any atom is -0.465 e. The van der Waals surface area contributed by atoms with E-state index in [1.807, 2.05) is 0 Å². The van der Waals surface area contributed by atoms with Crippen molar-refractivity contribution in [3.05, 3.63) is 22.3 Å². The number of fused-ring (bicyclic) bond motifs is 1. The lowest BCUT2D eigenvalue weighted by Crippen LogP contribution is -2.47. The van der Waals surface area contributed by atoms with Gasteiger partial charge in [-0.2, -0.15) is 0 Å². The average Bonchev–Trinajstić information content (AvgIpc) is 3.15. The predicted molar refractivity (Wildman–Crippen MR) is 103 cm³/mol. The summed E-state index contributed by atoms with van der Waals surface area (Å²) in [5.74, 6) is 4.57. The van der Waals surface area contributed by atoms with Crippen molar-refractivity contribution in [2.24, 2.45) is 23.7 Å². The highest BCUT2D eigenvalue weighted by molar-refractivity contribution is 9.10. The van der Waals surface area contributed by atoms with E-state index in [0.29, 0.717) is 11.6 Å². The lowest BCUT2D eigenvalue weighted by molar-refractivity contribution is 0.0601. The van der Waals surface area contributed by atoms with Crippen LogP contribution in [0, 0.1) is 23.7 Å². The number of carbonyl (C=O) groups excluding carboxylic acids is 1. The van der Waals surface area contributed by atoms with Crippen molar-refractivity contribution in [1.29, 1.82) is 0 Å². The number of methoxy groups -OCH3 is 1. The van der Waals surface area contributed by atoms with E-state index in [9.17, 15) is 4.79 Å². The van der Waals surface area contributed by atoms with Crippen LogP contribution in [-0.4, -0.2) is 43.2 Å². The molecule has 26 heavy (non-hydrogen) atoms. The van der Waals surface area contributed by atoms with Crippen molar-refractivity contribution in [3.63, 3.8) is 0 Å². The van der Waals surface area contributed by atoms with Crippen molar-refractivity contribution in [3.8, 4) is 0 Å². The molecule has 1 aromatic heterocycles. The van der Waals surface area contributed by atoms with Crippen LogP contribution < -0.4 is 10.2 Å². The maximum Gasteiger partial charge on any atom is 0.341 e. The molecule has 6 heteroatoms. The molecule has 1 aliphatic heterocycles. The van der Waals surface area contributed by atoms with Gasteiger partial charge < -0.3 is 15.0 Å². The van der Waals surface area contributed by atoms with Crippen LogP contribution in [0.5, 0.6) is 0 Å². The number of halogens is 1. The first-order chi connectivity index (χ1) is 12.7. The normalized spacial score (nSPS) is 35.5. The molecule has 5 atom stereocenters. The SMILES string of the molecule is COC(=O)c1cc(Br)cnc1N1CCC(NC2CC3CCC4C2[C@H]34)CC1. The van der Waals surface area contributed by atoms with Gasteiger partial charge in [-0.25, -0.2) is 9.78 Å². The number of ether oxygens (including phenoxy) is 1. The van der Waals surface area contributed by atoms with Crippen molar-refractivity contribution in [2.75, 3.05) is 25.1 Å². The molecule has 0 amide bonds. The summed E-state index contributed by atoms with van der Waals surface area (Å²) in [5.41, 5.74) is 0.543. The molecule has 3 saturated carbocycles. The maximum absolute atomic E-state index is 12.1. The third-order valence-electron chi connectivity index (χ3n) is 7.21. The number of pyridine rings is 1. The fourth-order valence-electron chi connectivity index (χ4n) is 6.08. The standard InChI is InChI=1S/C20H26BrN3O2/c1-26-20(25)15-9-12(21)10-22-19(15)24-6-4-13(5-7-24)23-16-8-11-2-3-14-17(11)18(14)16/h9-11,13-14,16-18,23H,2-8H2,1H3/t11?,14?,16?,17-,18?/m1/s1. The highest BCUT2D eigenvalue weighted by Gasteiger charge is 2.65. The van der Waals surface area contributed by atoms with Gasteiger partial charge in [0, 0.05) is 35.8 Å². The molecule has 5 nitrogen and oxygen atoms in total. The third-order valence-corrected chi connectivity index (χ3v) is 7.65. The molecule has 1 saturated heterocycles. The van der Waals surface area contributed by atoms with Gasteiger partial charge in [0.15, 0.2) is 0 Å². The summed E-state index contributed by atoms with van der Waals surface area (Å²) in [7, 11) is 1.42. The number of hydrogen-bond acceptors (Lipinski definition) is 5. The molecule has 0 aromatic carbocycles. The first kappa shape index (κ1) is 17.0. The quantitative estimate of drug-likeness (QED) is 0.759. The molecular formula is C20H26BrN3O2. The fraction of sp³-hybridized carbons (Fsp3) is 0.700. The molecule has 140 valence electrons. The largest absolute Gasteiger partial charge is 0.465 e. The second-order valence-electron chi connectivity index (χ2n) is 8.44. The lowest BCUT2D eigenvalue weighted by atomic mass is 10.00. The Kier molecular flexibility index (Phi) is 4.24. The first-order valence-corrected chi connectivity index (χ1v) is 10.7. The van der Waals surface area contributed by atoms with Crippen LogP contribution in [0.15, 0.2) is 16.7 Å². The Labute approximate surface area is 163 Å². The van der Waals surface area contributed by atoms with Crippen LogP contribution in [0.1, 0.15) is 42.5 Å². The molecular weight excluding hydrogens is 394 g/mol. The van der Waals surface area contributed by atoms with Crippen LogP contribution in [0.2, 0.25) is 0 Å². The van der Waals surface area contributed by atoms with Gasteiger partial charge in [-0.1, -0.05) is 0 Å². The van der Waals surface area contributed by atoms with Gasteiger partial charge in [0.2, 0.25) is 0 Å². The predicted octanol–water partition coefficient (Wildman–Crippen LogP) is 3.23. The summed E-state index contributed by atoms with van der Waals surface area (Å²) in [5, 5.41) is 3.99. The van der Waals surface area contributed by atoms with Crippen LogP contribution >= 0.6 is 15.9 Å². The molecule has 1 aromatic rings. The Morgan fingerprint density at radius 3 is 2.77 bits per heavy atom. The van der Waals surface area contributed by atoms with Crippen LogP contribution in [0.25, 0.3) is 0 Å². The molecule has 0 radical (unpaired) electrons. The summed E-state index contributed by atoms with van der Waals surface area (Å²) in [6.07, 6.45) is 8.36. The monoisotopic (exact) mass is 419 g/mol. The zero-order chi connectivity index (χ0) is 17.8. The summed E-state index contributed by atoms with van der Waals surface area (Å²) in [6.45, 7) is 1.87. The zero-order valence-electron chi connectivity index (χ0n) is 15.2. The van der Waals surface area contributed by atoms with E-state index in [4.69, 9.17) is 4.74 Å². The Bertz CT molecular complexity index is 719. The third kappa shape index (κ3) is 2.76. The van der Waals surface area contributed by atoms with E-state index < -0.39 is 0 Å². The second-order valence-corrected chi connectivity index (χ2v) is 9.36. The van der Waals surface area contributed by atoms with Crippen LogP contribution in [0.3, 0.4) is 0 Å². The number of hydrogen-bond donors (Lipinski definition) is 1. The molecule has 2 heterocycles. The summed E-state index contributed by atoms with van der Waals surface area (Å²) in [6, 6.07) is 3.18. The Morgan fingerprint density at radius 1 is 1.27 bits per heavy atom. The van der Waals surface area contributed by atoms with E-state index in [2.05, 4.69) is 31.1 Å². The molecule has 1 N–H and O–H groups in total. The summed E-state index contributed by atoms with van der Waals surface area (Å²) < 4.78 is 5.74. The molecule has 4 aliphatic rings. The average molecular weight is 420 g/mol. The number of aromatic nitrogens is 1. The lowest BCUT2D eigenvalue weighted by Gasteiger charge is -2.35. The van der Waals surface area contributed by atoms with Gasteiger partial charge in [-0.3, -0.25) is 0 Å². The number of nitrogens with one attached hydrogen (secondary N) is 1. The number of carbonyl (C=O) groups is 1. The maximum atomic E-state index is 12.1. The van der Waals surface area contributed by atoms with Gasteiger partial charge in [0.25, 0.3) is 0 Å². The van der Waals surface area contributed by atoms with E-state index in [-0.39, 0.29) is 5.97 Å². The van der Waals surface area contributed by atoms with E-state index in [1.165, 1.54) is 26.4 Å². The summed E-state index contributed by atoms with van der Waals surface area (Å²) >= 11 is 3.40. The summed E-state index contributed by atoms with van der Waals surface area (Å²) in [4.78, 5) is 18.8. The van der Waals surface area contributed by atoms with Crippen molar-refractivity contribution < 1.29 is 9.53 Å². The highest BCUT2D eigenvalue weighted by Crippen LogP contribution is 2.68. The smallest absolute Gasteiger partial charge is 0.341 e. The number of esters is 1. The van der Waals surface area contributed by atoms with Crippen molar-refractivity contribution in [1.82, 2.24) is 10.3 Å². The van der Waals surface area contributed by atoms with Crippen molar-refractivity contribution in [2.45, 2.75) is 44.2 Å². The highest BCUT2D eigenvalue weighted by atomic mass is 79.9. The van der Waals surface area contributed by atoms with Crippen LogP contribution in [-0.2, 0) is 4.74 Å². The number of anilines is 1. The Hall–Kier alpha value is -1.14. The van der Waals surface area contributed by atoms with Gasteiger partial charge in [0.05, 0.1) is 7.11 Å². The number of piperidine rings is 1. The fourth-order valence-corrected chi connectivity index (χ4v) is 6.42. The van der Waals surface area contributed by atoms with E-state index >= 15 is 0 Å². The van der Waals surface area contributed by atoms with Gasteiger partial charge in [0.1, 0.15) is 11.4 Å². The minimum atomic E-state index is -0.324. The topological polar surface area (TPSA) is 54.5 Å². The molecule has 5 rings (SSSR count). The van der Waals surface area contributed by atoms with Gasteiger partial charge >= 0.3 is 5.97 Å². The molecule has 3 aliphatic carbocycles. The molecule has 0 bridgehead atoms. The number of nitrogens with zero attached hydrogens (tertiary/aromatic N) is 2. The van der Waals surface area contributed by atoms with E-state index in [0.717, 1.165) is 65.9 Å². The molecule has 0 spiro atoms. The van der Waals surface area contributed by atoms with Crippen LogP contribution in [0.4, 0.5) is 5.82 Å². The number of rotatable bonds is 4. The van der Waals surface area contributed by atoms with Gasteiger partial charge in [-0.05, 0) is 77.8 Å². The zero-order valence-corrected chi connectivity index (χ0v) is 16.7. The Morgan fingerprint density at radius 2 is 2.08 bits per heavy atom. The first-order valence-electron chi connectivity index (χ1n) is 9.90.